The summed E-state index contributed by atoms with van der Waals surface area (Å²) in [5, 5.41) is 86.7. The molecule has 19 atom stereocenters. The van der Waals surface area contributed by atoms with Gasteiger partial charge < -0.3 is 59.8 Å². The van der Waals surface area contributed by atoms with Crippen molar-refractivity contribution in [1.29, 1.82) is 0 Å². The summed E-state index contributed by atoms with van der Waals surface area (Å²) in [6.45, 7) is 17.3. The van der Waals surface area contributed by atoms with Crippen LogP contribution in [-0.2, 0) is 18.9 Å². The zero-order chi connectivity index (χ0) is 39.1. The minimum atomic E-state index is -1.58. The van der Waals surface area contributed by atoms with Crippen LogP contribution >= 0.6 is 0 Å². The van der Waals surface area contributed by atoms with Gasteiger partial charge in [0.15, 0.2) is 12.6 Å². The summed E-state index contributed by atoms with van der Waals surface area (Å²) >= 11 is 0. The van der Waals surface area contributed by atoms with Crippen molar-refractivity contribution in [2.24, 2.45) is 45.3 Å². The van der Waals surface area contributed by atoms with Crippen LogP contribution in [0.4, 0.5) is 0 Å². The van der Waals surface area contributed by atoms with Crippen molar-refractivity contribution in [3.8, 4) is 0 Å². The topological polar surface area (TPSA) is 199 Å². The summed E-state index contributed by atoms with van der Waals surface area (Å²) < 4.78 is 23.6. The quantitative estimate of drug-likeness (QED) is 0.127. The number of allylic oxidation sites excluding steroid dienone is 2. The first-order valence-corrected chi connectivity index (χ1v) is 20.3. The van der Waals surface area contributed by atoms with Gasteiger partial charge in [-0.1, -0.05) is 46.3 Å². The van der Waals surface area contributed by atoms with Crippen LogP contribution in [-0.4, -0.2) is 127 Å². The molecule has 0 aromatic rings. The van der Waals surface area contributed by atoms with Crippen LogP contribution in [0.1, 0.15) is 113 Å². The van der Waals surface area contributed by atoms with Gasteiger partial charge in [-0.3, -0.25) is 0 Å². The third-order valence-electron chi connectivity index (χ3n) is 16.2. The third-order valence-corrected chi connectivity index (χ3v) is 16.2. The summed E-state index contributed by atoms with van der Waals surface area (Å²) in [5.74, 6) is 0.588. The van der Waals surface area contributed by atoms with E-state index in [1.54, 1.807) is 0 Å². The van der Waals surface area contributed by atoms with Gasteiger partial charge in [0.1, 0.15) is 42.7 Å². The van der Waals surface area contributed by atoms with E-state index in [1.165, 1.54) is 5.57 Å². The van der Waals surface area contributed by atoms with Gasteiger partial charge in [-0.15, -0.1) is 0 Å². The molecule has 0 radical (unpaired) electrons. The fourth-order valence-corrected chi connectivity index (χ4v) is 13.0. The van der Waals surface area contributed by atoms with Gasteiger partial charge in [-0.25, -0.2) is 0 Å². The molecule has 4 saturated carbocycles. The molecular weight excluding hydrogens is 684 g/mol. The molecule has 8 N–H and O–H groups in total. The average molecular weight is 755 g/mol. The molecule has 0 amide bonds. The van der Waals surface area contributed by atoms with Crippen molar-refractivity contribution < 1.29 is 59.8 Å². The molecule has 0 unspecified atom stereocenters. The van der Waals surface area contributed by atoms with Gasteiger partial charge in [0.05, 0.1) is 31.0 Å². The molecule has 6 fully saturated rings. The van der Waals surface area contributed by atoms with Crippen molar-refractivity contribution in [1.82, 2.24) is 0 Å². The van der Waals surface area contributed by atoms with E-state index in [4.69, 9.17) is 18.9 Å². The zero-order valence-corrected chi connectivity index (χ0v) is 33.2. The van der Waals surface area contributed by atoms with Gasteiger partial charge in [-0.2, -0.15) is 0 Å². The van der Waals surface area contributed by atoms with Gasteiger partial charge in [0, 0.05) is 0 Å². The second-order valence-corrected chi connectivity index (χ2v) is 19.7. The van der Waals surface area contributed by atoms with Crippen molar-refractivity contribution in [3.05, 3.63) is 11.6 Å². The predicted octanol–water partition coefficient (Wildman–Crippen LogP) is 2.79. The fourth-order valence-electron chi connectivity index (χ4n) is 13.0. The Hall–Kier alpha value is -0.740. The molecular formula is C41H70O12. The Balaban J connectivity index is 1.16. The number of fused-ring (bicyclic) bond motifs is 5. The second kappa shape index (κ2) is 14.9. The second-order valence-electron chi connectivity index (χ2n) is 19.7. The molecule has 12 nitrogen and oxygen atoms in total. The Labute approximate surface area is 315 Å². The SMILES string of the molecule is CC(C)=CCC[C@](C)(O)[C@H]1CC[C@]2(C)[C@H]1[C@H](O)C[C@H]1[C@@]3(C)CC[C@H](O[C@@H]4O[C@H](CO[C@@H]5OC[C@@H](O)[C@H](O)[C@H]5O)[C@@H](O)[C@H](O)[C@H]4O)C(C)(C)[C@@H]3CC[C@]12C. The summed E-state index contributed by atoms with van der Waals surface area (Å²) in [6, 6.07) is 0. The molecule has 6 aliphatic rings. The highest BCUT2D eigenvalue weighted by Gasteiger charge is 2.71. The first-order chi connectivity index (χ1) is 24.6. The Morgan fingerprint density at radius 3 is 2.11 bits per heavy atom. The Kier molecular flexibility index (Phi) is 11.8. The lowest BCUT2D eigenvalue weighted by molar-refractivity contribution is -0.341. The largest absolute Gasteiger partial charge is 0.393 e. The molecule has 0 spiro atoms. The van der Waals surface area contributed by atoms with Crippen LogP contribution < -0.4 is 0 Å². The normalized spacial score (nSPS) is 52.1. The molecule has 0 bridgehead atoms. The van der Waals surface area contributed by atoms with Crippen molar-refractivity contribution in [2.45, 2.75) is 186 Å². The van der Waals surface area contributed by atoms with Crippen molar-refractivity contribution in [3.63, 3.8) is 0 Å². The minimum Gasteiger partial charge on any atom is -0.393 e. The third kappa shape index (κ3) is 7.00. The summed E-state index contributed by atoms with van der Waals surface area (Å²) in [5.41, 5.74) is -0.187. The maximum absolute atomic E-state index is 12.1. The van der Waals surface area contributed by atoms with Crippen molar-refractivity contribution in [2.75, 3.05) is 13.2 Å². The summed E-state index contributed by atoms with van der Waals surface area (Å²) in [6.07, 6.45) is -3.55. The number of aliphatic hydroxyl groups excluding tert-OH is 7. The Morgan fingerprint density at radius 1 is 0.774 bits per heavy atom. The summed E-state index contributed by atoms with van der Waals surface area (Å²) in [4.78, 5) is 0. The standard InChI is InChI=1S/C41H70O12/c1-21(2)10-9-14-41(8,49)22-11-16-40(7)29(22)23(42)18-27-38(5)15-13-28(37(3,4)26(38)12-17-39(27,40)6)53-36-34(48)32(46)31(45)25(52-36)20-51-35-33(47)30(44)24(43)19-50-35/h10,22-36,42-49H,9,11-20H2,1-8H3/t22-,23+,24+,25+,26-,27-,28-,29+,30-,31+,32-,33+,34+,35-,36-,38-,39+,40+,41-/m0/s1. The van der Waals surface area contributed by atoms with Crippen LogP contribution in [0.3, 0.4) is 0 Å². The molecule has 6 rings (SSSR count). The number of rotatable bonds is 9. The summed E-state index contributed by atoms with van der Waals surface area (Å²) in [7, 11) is 0. The van der Waals surface area contributed by atoms with Crippen LogP contribution in [0.5, 0.6) is 0 Å². The lowest BCUT2D eigenvalue weighted by atomic mass is 9.35. The lowest BCUT2D eigenvalue weighted by Crippen LogP contribution is -2.67. The highest BCUT2D eigenvalue weighted by molar-refractivity contribution is 5.20. The highest BCUT2D eigenvalue weighted by atomic mass is 16.7. The van der Waals surface area contributed by atoms with Crippen LogP contribution in [0.15, 0.2) is 11.6 Å². The molecule has 53 heavy (non-hydrogen) atoms. The van der Waals surface area contributed by atoms with Gasteiger partial charge in [0.25, 0.3) is 0 Å². The average Bonchev–Trinajstić information content (AvgIpc) is 3.47. The molecule has 2 aliphatic heterocycles. The van der Waals surface area contributed by atoms with E-state index in [0.717, 1.165) is 38.5 Å². The lowest BCUT2D eigenvalue weighted by Gasteiger charge is -2.70. The maximum Gasteiger partial charge on any atom is 0.186 e. The van der Waals surface area contributed by atoms with Gasteiger partial charge >= 0.3 is 0 Å². The van der Waals surface area contributed by atoms with E-state index in [-0.39, 0.29) is 64.6 Å². The van der Waals surface area contributed by atoms with E-state index in [0.29, 0.717) is 19.3 Å². The van der Waals surface area contributed by atoms with Gasteiger partial charge in [0.2, 0.25) is 0 Å². The Bertz CT molecular complexity index is 1320. The van der Waals surface area contributed by atoms with E-state index >= 15 is 0 Å². The fraction of sp³-hybridized carbons (Fsp3) is 0.951. The van der Waals surface area contributed by atoms with Crippen molar-refractivity contribution >= 4 is 0 Å². The Morgan fingerprint density at radius 2 is 1.43 bits per heavy atom. The minimum absolute atomic E-state index is 0.0173. The molecule has 0 aromatic carbocycles. The monoisotopic (exact) mass is 754 g/mol. The predicted molar refractivity (Wildman–Crippen MR) is 195 cm³/mol. The van der Waals surface area contributed by atoms with E-state index in [2.05, 4.69) is 54.5 Å². The number of ether oxygens (including phenoxy) is 4. The van der Waals surface area contributed by atoms with Crippen LogP contribution in [0, 0.1) is 45.3 Å². The molecule has 12 heteroatoms. The van der Waals surface area contributed by atoms with Gasteiger partial charge in [-0.05, 0) is 124 Å². The first kappa shape index (κ1) is 41.9. The van der Waals surface area contributed by atoms with Crippen LogP contribution in [0.2, 0.25) is 0 Å². The maximum atomic E-state index is 12.1. The molecule has 0 aromatic heterocycles. The molecule has 306 valence electrons. The first-order valence-electron chi connectivity index (χ1n) is 20.3. The highest BCUT2D eigenvalue weighted by Crippen LogP contribution is 2.76. The smallest absolute Gasteiger partial charge is 0.186 e. The number of aliphatic hydroxyl groups is 8. The molecule has 2 heterocycles. The van der Waals surface area contributed by atoms with E-state index in [1.807, 2.05) is 6.92 Å². The zero-order valence-electron chi connectivity index (χ0n) is 33.2. The molecule has 2 saturated heterocycles. The van der Waals surface area contributed by atoms with E-state index < -0.39 is 67.0 Å². The number of hydrogen-bond donors (Lipinski definition) is 8. The number of hydrogen-bond acceptors (Lipinski definition) is 12. The molecule has 4 aliphatic carbocycles. The van der Waals surface area contributed by atoms with Crippen LogP contribution in [0.25, 0.3) is 0 Å². The van der Waals surface area contributed by atoms with E-state index in [9.17, 15) is 40.9 Å².